The first-order chi connectivity index (χ1) is 6.72. The maximum Gasteiger partial charge on any atom is 0.348 e. The van der Waals surface area contributed by atoms with Gasteiger partial charge in [0, 0.05) is 9.35 Å². The lowest BCUT2D eigenvalue weighted by Gasteiger charge is -1.96. The van der Waals surface area contributed by atoms with E-state index in [0.717, 1.165) is 4.47 Å². The Hall–Kier alpha value is -0.350. The van der Waals surface area contributed by atoms with Crippen LogP contribution in [-0.4, -0.2) is 12.6 Å². The quantitative estimate of drug-likeness (QED) is 0.788. The molecule has 0 saturated heterocycles. The Morgan fingerprint density at radius 1 is 1.71 bits per heavy atom. The van der Waals surface area contributed by atoms with E-state index in [1.165, 1.54) is 17.7 Å². The van der Waals surface area contributed by atoms with E-state index in [-0.39, 0.29) is 5.97 Å². The molecule has 0 aromatic carbocycles. The molecule has 14 heavy (non-hydrogen) atoms. The predicted octanol–water partition coefficient (Wildman–Crippen LogP) is 3.56. The average molecular weight is 275 g/mol. The van der Waals surface area contributed by atoms with Crippen molar-refractivity contribution in [3.63, 3.8) is 0 Å². The van der Waals surface area contributed by atoms with Gasteiger partial charge in [0.05, 0.1) is 6.61 Å². The first-order valence-corrected chi connectivity index (χ1v) is 6.29. The van der Waals surface area contributed by atoms with Gasteiger partial charge >= 0.3 is 5.97 Å². The van der Waals surface area contributed by atoms with Crippen molar-refractivity contribution in [1.29, 1.82) is 0 Å². The summed E-state index contributed by atoms with van der Waals surface area (Å²) in [5, 5.41) is 0. The van der Waals surface area contributed by atoms with E-state index in [1.54, 1.807) is 11.3 Å². The molecule has 1 heterocycles. The third-order valence-electron chi connectivity index (χ3n) is 2.14. The molecular formula is C10H11BrO2S. The fraction of sp³-hybridized carbons (Fsp3) is 0.500. The van der Waals surface area contributed by atoms with Crippen LogP contribution in [0.25, 0.3) is 0 Å². The molecular weight excluding hydrogens is 264 g/mol. The molecule has 0 aliphatic heterocycles. The van der Waals surface area contributed by atoms with Gasteiger partial charge in [0.2, 0.25) is 0 Å². The van der Waals surface area contributed by atoms with Crippen LogP contribution >= 0.6 is 27.3 Å². The number of hydrogen-bond donors (Lipinski definition) is 0. The molecule has 1 fully saturated rings. The fourth-order valence-corrected chi connectivity index (χ4v) is 3.37. The first-order valence-electron chi connectivity index (χ1n) is 4.68. The molecule has 0 N–H and O–H groups in total. The first kappa shape index (κ1) is 10.2. The standard InChI is InChI=1S/C10H11BrO2S/c1-2-13-10(12)8-5-7(11)9(14-8)6-3-4-6/h5-6H,2-4H2,1H3. The van der Waals surface area contributed by atoms with Crippen LogP contribution in [0.4, 0.5) is 0 Å². The molecule has 1 saturated carbocycles. The maximum atomic E-state index is 11.4. The summed E-state index contributed by atoms with van der Waals surface area (Å²) in [6, 6.07) is 1.87. The number of hydrogen-bond acceptors (Lipinski definition) is 3. The topological polar surface area (TPSA) is 26.3 Å². The van der Waals surface area contributed by atoms with Crippen LogP contribution in [0.3, 0.4) is 0 Å². The van der Waals surface area contributed by atoms with Crippen molar-refractivity contribution in [2.45, 2.75) is 25.7 Å². The highest BCUT2D eigenvalue weighted by molar-refractivity contribution is 9.10. The Balaban J connectivity index is 2.18. The molecule has 4 heteroatoms. The van der Waals surface area contributed by atoms with Gasteiger partial charge in [-0.05, 0) is 47.7 Å². The molecule has 2 rings (SSSR count). The SMILES string of the molecule is CCOC(=O)c1cc(Br)c(C2CC2)s1. The van der Waals surface area contributed by atoms with Gasteiger partial charge in [-0.3, -0.25) is 0 Å². The number of ether oxygens (including phenoxy) is 1. The van der Waals surface area contributed by atoms with Gasteiger partial charge in [-0.15, -0.1) is 11.3 Å². The molecule has 1 aromatic heterocycles. The third-order valence-corrected chi connectivity index (χ3v) is 4.33. The Morgan fingerprint density at radius 3 is 3.00 bits per heavy atom. The lowest BCUT2D eigenvalue weighted by atomic mass is 10.3. The maximum absolute atomic E-state index is 11.4. The Bertz CT molecular complexity index is 355. The van der Waals surface area contributed by atoms with E-state index < -0.39 is 0 Å². The van der Waals surface area contributed by atoms with Crippen LogP contribution in [0.15, 0.2) is 10.5 Å². The molecule has 1 aromatic rings. The minimum absolute atomic E-state index is 0.204. The van der Waals surface area contributed by atoms with Gasteiger partial charge in [-0.25, -0.2) is 4.79 Å². The summed E-state index contributed by atoms with van der Waals surface area (Å²) in [6.45, 7) is 2.26. The number of halogens is 1. The zero-order valence-corrected chi connectivity index (χ0v) is 10.3. The minimum atomic E-state index is -0.204. The van der Waals surface area contributed by atoms with Gasteiger partial charge in [-0.1, -0.05) is 0 Å². The largest absolute Gasteiger partial charge is 0.462 e. The number of carbonyl (C=O) groups excluding carboxylic acids is 1. The van der Waals surface area contributed by atoms with E-state index in [4.69, 9.17) is 4.74 Å². The predicted molar refractivity (Wildman–Crippen MR) is 60.0 cm³/mol. The highest BCUT2D eigenvalue weighted by Crippen LogP contribution is 2.47. The number of thiophene rings is 1. The molecule has 0 amide bonds. The number of carbonyl (C=O) groups is 1. The van der Waals surface area contributed by atoms with Gasteiger partial charge in [0.1, 0.15) is 4.88 Å². The summed E-state index contributed by atoms with van der Waals surface area (Å²) in [5.41, 5.74) is 0. The molecule has 1 aliphatic carbocycles. The van der Waals surface area contributed by atoms with Crippen molar-refractivity contribution in [2.24, 2.45) is 0 Å². The second kappa shape index (κ2) is 4.03. The molecule has 0 spiro atoms. The number of esters is 1. The summed E-state index contributed by atoms with van der Waals surface area (Å²) < 4.78 is 6.01. The van der Waals surface area contributed by atoms with Crippen LogP contribution < -0.4 is 0 Å². The van der Waals surface area contributed by atoms with Gasteiger partial charge in [-0.2, -0.15) is 0 Å². The highest BCUT2D eigenvalue weighted by Gasteiger charge is 2.28. The van der Waals surface area contributed by atoms with E-state index in [9.17, 15) is 4.79 Å². The molecule has 0 unspecified atom stereocenters. The van der Waals surface area contributed by atoms with Gasteiger partial charge < -0.3 is 4.74 Å². The van der Waals surface area contributed by atoms with Crippen LogP contribution in [-0.2, 0) is 4.74 Å². The van der Waals surface area contributed by atoms with E-state index >= 15 is 0 Å². The van der Waals surface area contributed by atoms with Crippen LogP contribution in [0.2, 0.25) is 0 Å². The van der Waals surface area contributed by atoms with E-state index in [1.807, 2.05) is 13.0 Å². The molecule has 0 bridgehead atoms. The van der Waals surface area contributed by atoms with E-state index in [2.05, 4.69) is 15.9 Å². The molecule has 1 aliphatic rings. The molecule has 0 atom stereocenters. The van der Waals surface area contributed by atoms with Crippen molar-refractivity contribution < 1.29 is 9.53 Å². The summed E-state index contributed by atoms with van der Waals surface area (Å²) in [7, 11) is 0. The summed E-state index contributed by atoms with van der Waals surface area (Å²) in [4.78, 5) is 13.4. The van der Waals surface area contributed by atoms with Gasteiger partial charge in [0.25, 0.3) is 0 Å². The number of rotatable bonds is 3. The van der Waals surface area contributed by atoms with Crippen molar-refractivity contribution >= 4 is 33.2 Å². The summed E-state index contributed by atoms with van der Waals surface area (Å²) >= 11 is 5.04. The zero-order valence-electron chi connectivity index (χ0n) is 7.88. The zero-order chi connectivity index (χ0) is 10.1. The molecule has 0 radical (unpaired) electrons. The van der Waals surface area contributed by atoms with Crippen molar-refractivity contribution in [1.82, 2.24) is 0 Å². The van der Waals surface area contributed by atoms with Crippen LogP contribution in [0.1, 0.15) is 40.2 Å². The third kappa shape index (κ3) is 2.01. The van der Waals surface area contributed by atoms with Crippen LogP contribution in [0, 0.1) is 0 Å². The van der Waals surface area contributed by atoms with Crippen molar-refractivity contribution in [3.05, 3.63) is 20.3 Å². The lowest BCUT2D eigenvalue weighted by Crippen LogP contribution is -2.01. The second-order valence-electron chi connectivity index (χ2n) is 3.32. The fourth-order valence-electron chi connectivity index (χ4n) is 1.31. The van der Waals surface area contributed by atoms with Crippen molar-refractivity contribution in [2.75, 3.05) is 6.61 Å². The molecule has 2 nitrogen and oxygen atoms in total. The summed E-state index contributed by atoms with van der Waals surface area (Å²) in [5.74, 6) is 0.475. The highest BCUT2D eigenvalue weighted by atomic mass is 79.9. The monoisotopic (exact) mass is 274 g/mol. The Kier molecular flexibility index (Phi) is 2.93. The Morgan fingerprint density at radius 2 is 2.43 bits per heavy atom. The molecule has 76 valence electrons. The average Bonchev–Trinajstić information content (AvgIpc) is 2.91. The second-order valence-corrected chi connectivity index (χ2v) is 5.26. The minimum Gasteiger partial charge on any atom is -0.462 e. The summed E-state index contributed by atoms with van der Waals surface area (Å²) in [6.07, 6.45) is 2.50. The normalized spacial score (nSPS) is 15.6. The smallest absolute Gasteiger partial charge is 0.348 e. The van der Waals surface area contributed by atoms with Crippen LogP contribution in [0.5, 0.6) is 0 Å². The van der Waals surface area contributed by atoms with Crippen molar-refractivity contribution in [3.8, 4) is 0 Å². The Labute approximate surface area is 95.4 Å². The lowest BCUT2D eigenvalue weighted by molar-refractivity contribution is 0.0532. The van der Waals surface area contributed by atoms with E-state index in [0.29, 0.717) is 17.4 Å². The van der Waals surface area contributed by atoms with Gasteiger partial charge in [0.15, 0.2) is 0 Å².